The normalized spacial score (nSPS) is 16.5. The van der Waals surface area contributed by atoms with E-state index in [9.17, 15) is 19.2 Å². The van der Waals surface area contributed by atoms with Gasteiger partial charge in [-0.2, -0.15) is 0 Å². The molecule has 7 nitrogen and oxygen atoms in total. The molecular formula is C24H24N2O5. The first-order valence-electron chi connectivity index (χ1n) is 10.4. The Hall–Kier alpha value is -3.48. The van der Waals surface area contributed by atoms with E-state index in [1.165, 1.54) is 6.92 Å². The van der Waals surface area contributed by atoms with Gasteiger partial charge in [-0.15, -0.1) is 0 Å². The zero-order valence-electron chi connectivity index (χ0n) is 17.6. The quantitative estimate of drug-likeness (QED) is 0.549. The van der Waals surface area contributed by atoms with Crippen LogP contribution in [0.25, 0.3) is 0 Å². The smallest absolute Gasteiger partial charge is 0.329 e. The van der Waals surface area contributed by atoms with Crippen molar-refractivity contribution in [3.8, 4) is 0 Å². The highest BCUT2D eigenvalue weighted by atomic mass is 16.5. The first-order valence-corrected chi connectivity index (χ1v) is 10.4. The van der Waals surface area contributed by atoms with Gasteiger partial charge in [0.15, 0.2) is 0 Å². The van der Waals surface area contributed by atoms with E-state index in [0.29, 0.717) is 16.7 Å². The van der Waals surface area contributed by atoms with Gasteiger partial charge in [0.1, 0.15) is 12.6 Å². The van der Waals surface area contributed by atoms with E-state index in [2.05, 4.69) is 0 Å². The van der Waals surface area contributed by atoms with Crippen molar-refractivity contribution in [1.29, 1.82) is 0 Å². The number of benzene rings is 2. The second kappa shape index (κ2) is 8.34. The standard InChI is InChI=1S/C24H24N2O5/c1-15-5-10-19-20(13-15)23(29)26(22(19)28)16(2)24(30)31-14-17-6-8-18(9-7-17)21(27)25-11-3-4-12-25/h5-10,13,16H,3-4,11-12,14H2,1-2H3/t16-/m1/s1. The van der Waals surface area contributed by atoms with Crippen LogP contribution in [0, 0.1) is 6.92 Å². The van der Waals surface area contributed by atoms with Crippen molar-refractivity contribution in [3.63, 3.8) is 0 Å². The molecule has 0 unspecified atom stereocenters. The van der Waals surface area contributed by atoms with Crippen LogP contribution in [-0.2, 0) is 16.1 Å². The Kier molecular flexibility index (Phi) is 5.59. The fourth-order valence-electron chi connectivity index (χ4n) is 3.95. The van der Waals surface area contributed by atoms with Gasteiger partial charge in [0.25, 0.3) is 17.7 Å². The van der Waals surface area contributed by atoms with Crippen LogP contribution in [0.2, 0.25) is 0 Å². The Bertz CT molecular complexity index is 1050. The second-order valence-corrected chi connectivity index (χ2v) is 8.01. The summed E-state index contributed by atoms with van der Waals surface area (Å²) in [7, 11) is 0. The van der Waals surface area contributed by atoms with Gasteiger partial charge in [-0.1, -0.05) is 23.8 Å². The topological polar surface area (TPSA) is 84.0 Å². The van der Waals surface area contributed by atoms with Gasteiger partial charge in [0.05, 0.1) is 11.1 Å². The lowest BCUT2D eigenvalue weighted by molar-refractivity contribution is -0.149. The Morgan fingerprint density at radius 1 is 0.968 bits per heavy atom. The largest absolute Gasteiger partial charge is 0.459 e. The molecule has 2 aliphatic heterocycles. The van der Waals surface area contributed by atoms with Crippen LogP contribution in [0.4, 0.5) is 0 Å². The second-order valence-electron chi connectivity index (χ2n) is 8.01. The first kappa shape index (κ1) is 20.8. The number of ether oxygens (including phenoxy) is 1. The molecule has 4 rings (SSSR count). The van der Waals surface area contributed by atoms with Crippen molar-refractivity contribution in [1.82, 2.24) is 9.80 Å². The fraction of sp³-hybridized carbons (Fsp3) is 0.333. The molecule has 0 bridgehead atoms. The minimum Gasteiger partial charge on any atom is -0.459 e. The summed E-state index contributed by atoms with van der Waals surface area (Å²) in [5, 5.41) is 0. The molecule has 31 heavy (non-hydrogen) atoms. The van der Waals surface area contributed by atoms with E-state index in [4.69, 9.17) is 4.74 Å². The van der Waals surface area contributed by atoms with E-state index >= 15 is 0 Å². The number of carbonyl (C=O) groups excluding carboxylic acids is 4. The van der Waals surface area contributed by atoms with Gasteiger partial charge in [0, 0.05) is 18.7 Å². The lowest BCUT2D eigenvalue weighted by Crippen LogP contribution is -2.43. The molecule has 0 spiro atoms. The van der Waals surface area contributed by atoms with Crippen molar-refractivity contribution >= 4 is 23.7 Å². The number of imide groups is 1. The number of esters is 1. The molecule has 1 saturated heterocycles. The highest BCUT2D eigenvalue weighted by Crippen LogP contribution is 2.26. The molecule has 2 heterocycles. The Balaban J connectivity index is 1.37. The van der Waals surface area contributed by atoms with Crippen LogP contribution < -0.4 is 0 Å². The SMILES string of the molecule is Cc1ccc2c(c1)C(=O)N([C@H](C)C(=O)OCc1ccc(C(=O)N3CCCC3)cc1)C2=O. The zero-order chi connectivity index (χ0) is 22.1. The lowest BCUT2D eigenvalue weighted by Gasteiger charge is -2.21. The highest BCUT2D eigenvalue weighted by Gasteiger charge is 2.41. The monoisotopic (exact) mass is 420 g/mol. The van der Waals surface area contributed by atoms with Crippen molar-refractivity contribution in [3.05, 3.63) is 70.3 Å². The van der Waals surface area contributed by atoms with E-state index in [0.717, 1.165) is 42.0 Å². The maximum absolute atomic E-state index is 12.7. The number of hydrogen-bond donors (Lipinski definition) is 0. The minimum absolute atomic E-state index is 0.00975. The summed E-state index contributed by atoms with van der Waals surface area (Å²) in [6, 6.07) is 10.9. The van der Waals surface area contributed by atoms with Crippen molar-refractivity contribution in [2.45, 2.75) is 39.3 Å². The first-order chi connectivity index (χ1) is 14.9. The summed E-state index contributed by atoms with van der Waals surface area (Å²) < 4.78 is 5.34. The molecule has 2 aromatic rings. The van der Waals surface area contributed by atoms with Crippen molar-refractivity contribution in [2.75, 3.05) is 13.1 Å². The maximum Gasteiger partial charge on any atom is 0.329 e. The Morgan fingerprint density at radius 3 is 2.29 bits per heavy atom. The predicted molar refractivity (Wildman–Crippen MR) is 113 cm³/mol. The van der Waals surface area contributed by atoms with E-state index in [-0.39, 0.29) is 12.5 Å². The van der Waals surface area contributed by atoms with Crippen LogP contribution in [0.5, 0.6) is 0 Å². The average Bonchev–Trinajstić information content (AvgIpc) is 3.39. The zero-order valence-corrected chi connectivity index (χ0v) is 17.6. The lowest BCUT2D eigenvalue weighted by atomic mass is 10.1. The van der Waals surface area contributed by atoms with Gasteiger partial charge in [-0.3, -0.25) is 19.3 Å². The van der Waals surface area contributed by atoms with Gasteiger partial charge in [-0.25, -0.2) is 4.79 Å². The molecule has 0 N–H and O–H groups in total. The van der Waals surface area contributed by atoms with Crippen molar-refractivity contribution in [2.24, 2.45) is 0 Å². The number of carbonyl (C=O) groups is 4. The molecule has 160 valence electrons. The van der Waals surface area contributed by atoms with E-state index in [1.807, 2.05) is 11.8 Å². The summed E-state index contributed by atoms with van der Waals surface area (Å²) in [4.78, 5) is 53.0. The Morgan fingerprint density at radius 2 is 1.61 bits per heavy atom. The molecule has 3 amide bonds. The molecule has 2 aromatic carbocycles. The molecule has 7 heteroatoms. The molecule has 0 aromatic heterocycles. The average molecular weight is 420 g/mol. The minimum atomic E-state index is -1.04. The van der Waals surface area contributed by atoms with Crippen LogP contribution >= 0.6 is 0 Å². The number of hydrogen-bond acceptors (Lipinski definition) is 5. The molecule has 0 radical (unpaired) electrons. The molecule has 0 aliphatic carbocycles. The Labute approximate surface area is 180 Å². The summed E-state index contributed by atoms with van der Waals surface area (Å²) in [5.74, 6) is -1.63. The van der Waals surface area contributed by atoms with E-state index < -0.39 is 23.8 Å². The van der Waals surface area contributed by atoms with Crippen LogP contribution in [0.1, 0.15) is 62.0 Å². The summed E-state index contributed by atoms with van der Waals surface area (Å²) >= 11 is 0. The fourth-order valence-corrected chi connectivity index (χ4v) is 3.95. The van der Waals surface area contributed by atoms with Gasteiger partial charge in [0.2, 0.25) is 0 Å². The number of nitrogens with zero attached hydrogens (tertiary/aromatic N) is 2. The third-order valence-electron chi connectivity index (χ3n) is 5.78. The molecule has 0 saturated carbocycles. The molecule has 1 atom stereocenters. The number of amides is 3. The highest BCUT2D eigenvalue weighted by molar-refractivity contribution is 6.22. The van der Waals surface area contributed by atoms with Gasteiger partial charge >= 0.3 is 5.97 Å². The maximum atomic E-state index is 12.7. The van der Waals surface area contributed by atoms with Crippen LogP contribution in [-0.4, -0.2) is 52.6 Å². The third kappa shape index (κ3) is 3.95. The number of likely N-dealkylation sites (tertiary alicyclic amines) is 1. The molecule has 2 aliphatic rings. The van der Waals surface area contributed by atoms with Gasteiger partial charge < -0.3 is 9.64 Å². The van der Waals surface area contributed by atoms with Crippen LogP contribution in [0.15, 0.2) is 42.5 Å². The predicted octanol–water partition coefficient (Wildman–Crippen LogP) is 2.96. The van der Waals surface area contributed by atoms with Crippen molar-refractivity contribution < 1.29 is 23.9 Å². The molecule has 1 fully saturated rings. The van der Waals surface area contributed by atoms with E-state index in [1.54, 1.807) is 42.5 Å². The third-order valence-corrected chi connectivity index (χ3v) is 5.78. The van der Waals surface area contributed by atoms with Gasteiger partial charge in [-0.05, 0) is 56.5 Å². The summed E-state index contributed by atoms with van der Waals surface area (Å²) in [5.41, 5.74) is 2.79. The number of fused-ring (bicyclic) bond motifs is 1. The summed E-state index contributed by atoms with van der Waals surface area (Å²) in [6.45, 7) is 4.88. The van der Waals surface area contributed by atoms with Crippen LogP contribution in [0.3, 0.4) is 0 Å². The number of aryl methyl sites for hydroxylation is 1. The number of rotatable bonds is 5. The molecular weight excluding hydrogens is 396 g/mol. The summed E-state index contributed by atoms with van der Waals surface area (Å²) in [6.07, 6.45) is 2.06.